The average Bonchev–Trinajstić information content (AvgIpc) is 2.87. The number of aromatic nitrogens is 3. The highest BCUT2D eigenvalue weighted by atomic mass is 15.0. The zero-order chi connectivity index (χ0) is 12.4. The molecule has 0 bridgehead atoms. The summed E-state index contributed by atoms with van der Waals surface area (Å²) >= 11 is 0. The molecular formula is C14H14N4. The molecule has 0 radical (unpaired) electrons. The minimum Gasteiger partial charge on any atom is -0.339 e. The fraction of sp³-hybridized carbons (Fsp3) is 0.143. The van der Waals surface area contributed by atoms with E-state index in [2.05, 4.69) is 32.4 Å². The van der Waals surface area contributed by atoms with Crippen LogP contribution in [0.4, 0.5) is 0 Å². The smallest absolute Gasteiger partial charge is 0.156 e. The first-order valence-corrected chi connectivity index (χ1v) is 5.91. The van der Waals surface area contributed by atoms with Gasteiger partial charge in [0.1, 0.15) is 5.69 Å². The first-order valence-electron chi connectivity index (χ1n) is 5.91. The summed E-state index contributed by atoms with van der Waals surface area (Å²) in [7, 11) is 1.91. The molecule has 0 fully saturated rings. The van der Waals surface area contributed by atoms with E-state index in [4.69, 9.17) is 0 Å². The van der Waals surface area contributed by atoms with E-state index in [1.54, 1.807) is 0 Å². The Kier molecular flexibility index (Phi) is 2.78. The fourth-order valence-electron chi connectivity index (χ4n) is 1.97. The molecule has 3 aromatic rings. The van der Waals surface area contributed by atoms with Crippen molar-refractivity contribution in [2.24, 2.45) is 0 Å². The van der Waals surface area contributed by atoms with Crippen LogP contribution >= 0.6 is 0 Å². The Hall–Kier alpha value is -2.20. The zero-order valence-corrected chi connectivity index (χ0v) is 10.1. The van der Waals surface area contributed by atoms with E-state index in [0.717, 1.165) is 34.7 Å². The van der Waals surface area contributed by atoms with E-state index in [1.165, 1.54) is 0 Å². The largest absolute Gasteiger partial charge is 0.339 e. The van der Waals surface area contributed by atoms with Crippen LogP contribution in [0, 0.1) is 0 Å². The van der Waals surface area contributed by atoms with Crippen molar-refractivity contribution in [3.63, 3.8) is 0 Å². The molecule has 0 atom stereocenters. The predicted octanol–water partition coefficient (Wildman–Crippen LogP) is 2.34. The number of imidazole rings is 1. The van der Waals surface area contributed by atoms with Crippen LogP contribution in [0.5, 0.6) is 0 Å². The summed E-state index contributed by atoms with van der Waals surface area (Å²) in [4.78, 5) is 12.2. The van der Waals surface area contributed by atoms with E-state index >= 15 is 0 Å². The van der Waals surface area contributed by atoms with Gasteiger partial charge in [0, 0.05) is 17.6 Å². The number of benzene rings is 1. The maximum absolute atomic E-state index is 4.60. The average molecular weight is 238 g/mol. The lowest BCUT2D eigenvalue weighted by Gasteiger charge is -2.00. The number of nitrogens with one attached hydrogen (secondary N) is 2. The molecule has 1 aromatic carbocycles. The molecule has 0 aliphatic carbocycles. The number of fused-ring (bicyclic) bond motifs is 1. The second-order valence-electron chi connectivity index (χ2n) is 4.18. The second-order valence-corrected chi connectivity index (χ2v) is 4.18. The van der Waals surface area contributed by atoms with E-state index < -0.39 is 0 Å². The maximum Gasteiger partial charge on any atom is 0.156 e. The van der Waals surface area contributed by atoms with Crippen LogP contribution in [0.1, 0.15) is 5.69 Å². The van der Waals surface area contributed by atoms with Gasteiger partial charge in [-0.05, 0) is 19.2 Å². The van der Waals surface area contributed by atoms with Crippen LogP contribution < -0.4 is 5.32 Å². The van der Waals surface area contributed by atoms with Gasteiger partial charge in [0.15, 0.2) is 5.82 Å². The van der Waals surface area contributed by atoms with Crippen LogP contribution in [-0.2, 0) is 6.54 Å². The summed E-state index contributed by atoms with van der Waals surface area (Å²) in [5.74, 6) is 0.811. The third kappa shape index (κ3) is 1.98. The van der Waals surface area contributed by atoms with Crippen molar-refractivity contribution in [1.82, 2.24) is 20.3 Å². The number of hydrogen-bond acceptors (Lipinski definition) is 3. The Morgan fingerprint density at radius 1 is 1.17 bits per heavy atom. The highest BCUT2D eigenvalue weighted by Gasteiger charge is 2.05. The highest BCUT2D eigenvalue weighted by Crippen LogP contribution is 2.18. The van der Waals surface area contributed by atoms with Crippen LogP contribution in [0.2, 0.25) is 0 Å². The fourth-order valence-corrected chi connectivity index (χ4v) is 1.97. The molecule has 2 N–H and O–H groups in total. The van der Waals surface area contributed by atoms with Crippen LogP contribution in [-0.4, -0.2) is 22.0 Å². The van der Waals surface area contributed by atoms with Gasteiger partial charge in [-0.1, -0.05) is 24.3 Å². The van der Waals surface area contributed by atoms with Crippen molar-refractivity contribution in [2.45, 2.75) is 6.54 Å². The molecule has 18 heavy (non-hydrogen) atoms. The Balaban J connectivity index is 2.02. The summed E-state index contributed by atoms with van der Waals surface area (Å²) < 4.78 is 0. The molecular weight excluding hydrogens is 224 g/mol. The monoisotopic (exact) mass is 238 g/mol. The molecule has 0 spiro atoms. The minimum atomic E-state index is 0.778. The molecule has 3 rings (SSSR count). The summed E-state index contributed by atoms with van der Waals surface area (Å²) in [6.45, 7) is 0.778. The molecule has 0 aliphatic heterocycles. The van der Waals surface area contributed by atoms with E-state index in [9.17, 15) is 0 Å². The van der Waals surface area contributed by atoms with Gasteiger partial charge >= 0.3 is 0 Å². The van der Waals surface area contributed by atoms with Crippen molar-refractivity contribution in [1.29, 1.82) is 0 Å². The molecule has 0 saturated heterocycles. The molecule has 4 heteroatoms. The predicted molar refractivity (Wildman–Crippen MR) is 72.1 cm³/mol. The van der Waals surface area contributed by atoms with Crippen molar-refractivity contribution < 1.29 is 0 Å². The van der Waals surface area contributed by atoms with Gasteiger partial charge in [-0.3, -0.25) is 0 Å². The summed E-state index contributed by atoms with van der Waals surface area (Å²) in [5.41, 5.74) is 2.92. The zero-order valence-electron chi connectivity index (χ0n) is 10.1. The second kappa shape index (κ2) is 4.58. The molecule has 2 aromatic heterocycles. The maximum atomic E-state index is 4.60. The van der Waals surface area contributed by atoms with Crippen molar-refractivity contribution in [3.05, 3.63) is 48.3 Å². The number of H-pyrrole nitrogens is 1. The topological polar surface area (TPSA) is 53.6 Å². The lowest BCUT2D eigenvalue weighted by molar-refractivity contribution is 0.797. The normalized spacial score (nSPS) is 10.9. The first-order chi connectivity index (χ1) is 8.86. The van der Waals surface area contributed by atoms with Crippen LogP contribution in [0.25, 0.3) is 22.4 Å². The van der Waals surface area contributed by atoms with Gasteiger partial charge in [-0.2, -0.15) is 0 Å². The van der Waals surface area contributed by atoms with Gasteiger partial charge in [0.2, 0.25) is 0 Å². The Morgan fingerprint density at radius 2 is 2.06 bits per heavy atom. The van der Waals surface area contributed by atoms with Gasteiger partial charge in [-0.15, -0.1) is 0 Å². The molecule has 0 unspecified atom stereocenters. The summed E-state index contributed by atoms with van der Waals surface area (Å²) in [6.07, 6.45) is 1.84. The lowest BCUT2D eigenvalue weighted by Crippen LogP contribution is -2.04. The Labute approximate surface area is 105 Å². The van der Waals surface area contributed by atoms with Crippen molar-refractivity contribution in [3.8, 4) is 11.5 Å². The third-order valence-corrected chi connectivity index (χ3v) is 2.84. The molecule has 0 aliphatic rings. The van der Waals surface area contributed by atoms with E-state index in [0.29, 0.717) is 0 Å². The number of nitrogens with zero attached hydrogens (tertiary/aromatic N) is 2. The Morgan fingerprint density at radius 3 is 2.94 bits per heavy atom. The van der Waals surface area contributed by atoms with E-state index in [1.807, 2.05) is 37.5 Å². The van der Waals surface area contributed by atoms with Crippen LogP contribution in [0.15, 0.2) is 42.6 Å². The highest BCUT2D eigenvalue weighted by molar-refractivity contribution is 5.80. The molecule has 0 saturated carbocycles. The number of aromatic amines is 1. The van der Waals surface area contributed by atoms with Gasteiger partial charge in [0.05, 0.1) is 11.7 Å². The van der Waals surface area contributed by atoms with Crippen molar-refractivity contribution in [2.75, 3.05) is 7.05 Å². The van der Waals surface area contributed by atoms with Gasteiger partial charge in [0.25, 0.3) is 0 Å². The SMILES string of the molecule is CNCc1cnc(-c2ccc3ccccc3n2)[nH]1. The lowest BCUT2D eigenvalue weighted by atomic mass is 10.2. The Bertz CT molecular complexity index is 672. The number of hydrogen-bond donors (Lipinski definition) is 2. The quantitative estimate of drug-likeness (QED) is 0.736. The number of pyridine rings is 1. The summed E-state index contributed by atoms with van der Waals surface area (Å²) in [5, 5.41) is 4.23. The first kappa shape index (κ1) is 10.9. The van der Waals surface area contributed by atoms with Gasteiger partial charge in [-0.25, -0.2) is 9.97 Å². The standard InChI is InChI=1S/C14H14N4/c1-15-8-11-9-16-14(17-11)13-7-6-10-4-2-3-5-12(10)18-13/h2-7,9,15H,8H2,1H3,(H,16,17). The molecule has 4 nitrogen and oxygen atoms in total. The third-order valence-electron chi connectivity index (χ3n) is 2.84. The minimum absolute atomic E-state index is 0.778. The van der Waals surface area contributed by atoms with Crippen LogP contribution in [0.3, 0.4) is 0 Å². The van der Waals surface area contributed by atoms with Crippen molar-refractivity contribution >= 4 is 10.9 Å². The molecule has 0 amide bonds. The van der Waals surface area contributed by atoms with Gasteiger partial charge < -0.3 is 10.3 Å². The summed E-state index contributed by atoms with van der Waals surface area (Å²) in [6, 6.07) is 12.1. The number of para-hydroxylation sites is 1. The number of rotatable bonds is 3. The molecule has 90 valence electrons. The molecule has 2 heterocycles. The van der Waals surface area contributed by atoms with E-state index in [-0.39, 0.29) is 0 Å².